The molecule has 0 radical (unpaired) electrons. The number of nitrogens with one attached hydrogen (secondary N) is 1. The van der Waals surface area contributed by atoms with Crippen LogP contribution in [0, 0.1) is 0 Å². The molecule has 19 heavy (non-hydrogen) atoms. The lowest BCUT2D eigenvalue weighted by atomic mass is 10.0. The summed E-state index contributed by atoms with van der Waals surface area (Å²) in [5.41, 5.74) is 2.58. The average molecular weight is 273 g/mol. The third kappa shape index (κ3) is 2.06. The van der Waals surface area contributed by atoms with Crippen molar-refractivity contribution in [3.05, 3.63) is 64.7 Å². The molecule has 0 saturated heterocycles. The van der Waals surface area contributed by atoms with E-state index >= 15 is 0 Å². The average Bonchev–Trinajstić information content (AvgIpc) is 2.44. The topological polar surface area (TPSA) is 32.3 Å². The van der Waals surface area contributed by atoms with Gasteiger partial charge in [-0.3, -0.25) is 4.79 Å². The Balaban J connectivity index is 2.01. The minimum Gasteiger partial charge on any atom is -0.361 e. The molecule has 2 aromatic rings. The Morgan fingerprint density at radius 1 is 1.11 bits per heavy atom. The van der Waals surface area contributed by atoms with Crippen LogP contribution in [0.1, 0.15) is 22.1 Å². The van der Waals surface area contributed by atoms with Crippen molar-refractivity contribution in [2.75, 3.05) is 12.4 Å². The van der Waals surface area contributed by atoms with Gasteiger partial charge in [0.05, 0.1) is 5.56 Å². The Hall–Kier alpha value is -2.00. The Morgan fingerprint density at radius 3 is 2.53 bits per heavy atom. The van der Waals surface area contributed by atoms with Gasteiger partial charge in [0.1, 0.15) is 6.17 Å². The van der Waals surface area contributed by atoms with Gasteiger partial charge in [-0.2, -0.15) is 0 Å². The summed E-state index contributed by atoms with van der Waals surface area (Å²) in [6, 6.07) is 15.1. The first kappa shape index (κ1) is 12.1. The van der Waals surface area contributed by atoms with Crippen LogP contribution < -0.4 is 5.32 Å². The van der Waals surface area contributed by atoms with Crippen LogP contribution in [-0.4, -0.2) is 17.9 Å². The van der Waals surface area contributed by atoms with E-state index in [1.54, 1.807) is 11.9 Å². The summed E-state index contributed by atoms with van der Waals surface area (Å²) in [6.07, 6.45) is -0.167. The molecule has 0 bridgehead atoms. The van der Waals surface area contributed by atoms with Gasteiger partial charge in [0.15, 0.2) is 0 Å². The van der Waals surface area contributed by atoms with Crippen LogP contribution in [0.25, 0.3) is 0 Å². The highest BCUT2D eigenvalue weighted by Crippen LogP contribution is 2.32. The molecule has 0 fully saturated rings. The SMILES string of the molecule is CN1C(=O)c2ccccc2NC1c1ccc(Cl)cc1. The standard InChI is InChI=1S/C15H13ClN2O/c1-18-14(10-6-8-11(16)9-7-10)17-13-5-3-2-4-12(13)15(18)19/h2-9,14,17H,1H3. The molecule has 3 rings (SSSR count). The van der Waals surface area contributed by atoms with Crippen molar-refractivity contribution in [3.63, 3.8) is 0 Å². The summed E-state index contributed by atoms with van der Waals surface area (Å²) in [4.78, 5) is 14.0. The molecule has 1 heterocycles. The maximum Gasteiger partial charge on any atom is 0.257 e. The van der Waals surface area contributed by atoms with Crippen molar-refractivity contribution in [2.45, 2.75) is 6.17 Å². The smallest absolute Gasteiger partial charge is 0.257 e. The zero-order chi connectivity index (χ0) is 13.4. The second-order valence-electron chi connectivity index (χ2n) is 4.56. The maximum atomic E-state index is 12.3. The first-order valence-corrected chi connectivity index (χ1v) is 6.43. The molecular weight excluding hydrogens is 260 g/mol. The number of carbonyl (C=O) groups excluding carboxylic acids is 1. The van der Waals surface area contributed by atoms with Gasteiger partial charge >= 0.3 is 0 Å². The molecular formula is C15H13ClN2O. The monoisotopic (exact) mass is 272 g/mol. The van der Waals surface area contributed by atoms with Crippen LogP contribution in [-0.2, 0) is 0 Å². The molecule has 1 unspecified atom stereocenters. The highest BCUT2D eigenvalue weighted by Gasteiger charge is 2.29. The van der Waals surface area contributed by atoms with Crippen LogP contribution in [0.2, 0.25) is 5.02 Å². The van der Waals surface area contributed by atoms with Gasteiger partial charge in [-0.1, -0.05) is 35.9 Å². The van der Waals surface area contributed by atoms with E-state index in [-0.39, 0.29) is 12.1 Å². The van der Waals surface area contributed by atoms with Gasteiger partial charge in [-0.15, -0.1) is 0 Å². The van der Waals surface area contributed by atoms with E-state index in [1.165, 1.54) is 0 Å². The van der Waals surface area contributed by atoms with E-state index in [4.69, 9.17) is 11.6 Å². The van der Waals surface area contributed by atoms with Crippen LogP contribution in [0.5, 0.6) is 0 Å². The Labute approximate surface area is 116 Å². The molecule has 2 aromatic carbocycles. The third-order valence-electron chi connectivity index (χ3n) is 3.34. The van der Waals surface area contributed by atoms with Gasteiger partial charge in [-0.25, -0.2) is 0 Å². The van der Waals surface area contributed by atoms with Crippen molar-refractivity contribution in [1.29, 1.82) is 0 Å². The van der Waals surface area contributed by atoms with Crippen LogP contribution in [0.4, 0.5) is 5.69 Å². The number of rotatable bonds is 1. The van der Waals surface area contributed by atoms with Crippen molar-refractivity contribution in [1.82, 2.24) is 4.90 Å². The molecule has 4 heteroatoms. The number of fused-ring (bicyclic) bond motifs is 1. The molecule has 1 atom stereocenters. The fourth-order valence-electron chi connectivity index (χ4n) is 2.30. The van der Waals surface area contributed by atoms with Crippen LogP contribution in [0.15, 0.2) is 48.5 Å². The van der Waals surface area contributed by atoms with Crippen LogP contribution >= 0.6 is 11.6 Å². The number of halogens is 1. The van der Waals surface area contributed by atoms with Crippen molar-refractivity contribution >= 4 is 23.2 Å². The minimum atomic E-state index is -0.167. The zero-order valence-electron chi connectivity index (χ0n) is 10.4. The lowest BCUT2D eigenvalue weighted by Gasteiger charge is -2.35. The van der Waals surface area contributed by atoms with Gasteiger partial charge in [-0.05, 0) is 29.8 Å². The number of carbonyl (C=O) groups is 1. The molecule has 0 spiro atoms. The number of anilines is 1. The zero-order valence-corrected chi connectivity index (χ0v) is 11.2. The van der Waals surface area contributed by atoms with E-state index in [9.17, 15) is 4.79 Å². The normalized spacial score (nSPS) is 17.9. The predicted molar refractivity (Wildman–Crippen MR) is 76.4 cm³/mol. The number of benzene rings is 2. The summed E-state index contributed by atoms with van der Waals surface area (Å²) in [6.45, 7) is 0. The molecule has 0 aromatic heterocycles. The Bertz CT molecular complexity index is 624. The first-order chi connectivity index (χ1) is 9.16. The summed E-state index contributed by atoms with van der Waals surface area (Å²) in [7, 11) is 1.80. The second-order valence-corrected chi connectivity index (χ2v) is 5.00. The quantitative estimate of drug-likeness (QED) is 0.861. The second kappa shape index (κ2) is 4.59. The first-order valence-electron chi connectivity index (χ1n) is 6.05. The minimum absolute atomic E-state index is 0.0225. The van der Waals surface area contributed by atoms with E-state index < -0.39 is 0 Å². The molecule has 1 aliphatic rings. The third-order valence-corrected chi connectivity index (χ3v) is 3.60. The fraction of sp³-hybridized carbons (Fsp3) is 0.133. The van der Waals surface area contributed by atoms with E-state index in [0.29, 0.717) is 10.6 Å². The molecule has 0 saturated carbocycles. The Morgan fingerprint density at radius 2 is 1.79 bits per heavy atom. The van der Waals surface area contributed by atoms with Crippen LogP contribution in [0.3, 0.4) is 0 Å². The molecule has 1 N–H and O–H groups in total. The summed E-state index contributed by atoms with van der Waals surface area (Å²) < 4.78 is 0. The molecule has 3 nitrogen and oxygen atoms in total. The van der Waals surface area contributed by atoms with E-state index in [1.807, 2.05) is 48.5 Å². The van der Waals surface area contributed by atoms with E-state index in [2.05, 4.69) is 5.32 Å². The fourth-order valence-corrected chi connectivity index (χ4v) is 2.42. The van der Waals surface area contributed by atoms with Gasteiger partial charge < -0.3 is 10.2 Å². The van der Waals surface area contributed by atoms with Gasteiger partial charge in [0.2, 0.25) is 0 Å². The largest absolute Gasteiger partial charge is 0.361 e. The highest BCUT2D eigenvalue weighted by molar-refractivity contribution is 6.30. The number of amides is 1. The number of hydrogen-bond donors (Lipinski definition) is 1. The Kier molecular flexibility index (Phi) is 2.91. The predicted octanol–water partition coefficient (Wildman–Crippen LogP) is 3.54. The molecule has 96 valence electrons. The summed E-state index contributed by atoms with van der Waals surface area (Å²) in [5.74, 6) is 0.0225. The highest BCUT2D eigenvalue weighted by atomic mass is 35.5. The number of nitrogens with zero attached hydrogens (tertiary/aromatic N) is 1. The van der Waals surface area contributed by atoms with Gasteiger partial charge in [0, 0.05) is 17.8 Å². The van der Waals surface area contributed by atoms with Crippen molar-refractivity contribution < 1.29 is 4.79 Å². The number of hydrogen-bond acceptors (Lipinski definition) is 2. The lowest BCUT2D eigenvalue weighted by Crippen LogP contribution is -2.40. The molecule has 1 aliphatic heterocycles. The molecule has 1 amide bonds. The maximum absolute atomic E-state index is 12.3. The van der Waals surface area contributed by atoms with Crippen molar-refractivity contribution in [3.8, 4) is 0 Å². The summed E-state index contributed by atoms with van der Waals surface area (Å²) in [5, 5.41) is 4.06. The van der Waals surface area contributed by atoms with Gasteiger partial charge in [0.25, 0.3) is 5.91 Å². The lowest BCUT2D eigenvalue weighted by molar-refractivity contribution is 0.0735. The summed E-state index contributed by atoms with van der Waals surface area (Å²) >= 11 is 5.90. The molecule has 0 aliphatic carbocycles. The number of para-hydroxylation sites is 1. The van der Waals surface area contributed by atoms with E-state index in [0.717, 1.165) is 11.3 Å². The van der Waals surface area contributed by atoms with Crippen molar-refractivity contribution in [2.24, 2.45) is 0 Å².